The van der Waals surface area contributed by atoms with Crippen LogP contribution in [0.2, 0.25) is 0 Å². The lowest BCUT2D eigenvalue weighted by atomic mass is 10.0. The highest BCUT2D eigenvalue weighted by atomic mass is 32.1. The molecule has 0 aliphatic heterocycles. The first kappa shape index (κ1) is 35.9. The summed E-state index contributed by atoms with van der Waals surface area (Å²) >= 11 is 4.24. The third kappa shape index (κ3) is 17.7. The number of hydrogen-bond acceptors (Lipinski definition) is 3. The monoisotopic (exact) mass is 518 g/mol. The number of carbonyl (C=O) groups excluding carboxylic acids is 1. The highest BCUT2D eigenvalue weighted by Crippen LogP contribution is 2.15. The van der Waals surface area contributed by atoms with Gasteiger partial charge in [-0.3, -0.25) is 0 Å². The predicted molar refractivity (Wildman–Crippen MR) is 168 cm³/mol. The predicted octanol–water partition coefficient (Wildman–Crippen LogP) is 10.1. The summed E-state index contributed by atoms with van der Waals surface area (Å²) in [6.45, 7) is 20.8. The Morgan fingerprint density at radius 1 is 0.730 bits per heavy atom. The molecule has 0 amide bonds. The summed E-state index contributed by atoms with van der Waals surface area (Å²) in [5.74, 6) is 0.159. The first-order valence-electron chi connectivity index (χ1n) is 13.1. The highest BCUT2D eigenvalue weighted by Gasteiger charge is 2.02. The Morgan fingerprint density at radius 2 is 1.16 bits per heavy atom. The number of thiol groups is 1. The maximum atomic E-state index is 12.0. The van der Waals surface area contributed by atoms with Crippen molar-refractivity contribution in [3.05, 3.63) is 126 Å². The zero-order valence-corrected chi connectivity index (χ0v) is 24.7. The van der Waals surface area contributed by atoms with Crippen molar-refractivity contribution in [2.75, 3.05) is 0 Å². The lowest BCUT2D eigenvalue weighted by Crippen LogP contribution is -2.03. The summed E-state index contributed by atoms with van der Waals surface area (Å²) in [5, 5.41) is 0. The normalized spacial score (nSPS) is 8.97. The molecule has 0 aliphatic rings. The molecule has 0 fully saturated rings. The largest absolute Gasteiger partial charge is 0.423 e. The SMILES string of the molecule is C=CC=C.CC.CC.CC.Cc1ccc(CCc2ccc(OC(=O)/C=C/c3ccc(S)cc3)cc2)cc1. The van der Waals surface area contributed by atoms with Gasteiger partial charge in [-0.15, -0.1) is 12.6 Å². The fourth-order valence-corrected chi connectivity index (χ4v) is 2.82. The molecule has 37 heavy (non-hydrogen) atoms. The van der Waals surface area contributed by atoms with Gasteiger partial charge in [0.15, 0.2) is 0 Å². The van der Waals surface area contributed by atoms with Crippen molar-refractivity contribution < 1.29 is 9.53 Å². The van der Waals surface area contributed by atoms with Gasteiger partial charge in [-0.2, -0.15) is 0 Å². The van der Waals surface area contributed by atoms with Gasteiger partial charge in [0.2, 0.25) is 0 Å². The molecule has 0 aliphatic carbocycles. The average molecular weight is 519 g/mol. The van der Waals surface area contributed by atoms with Crippen LogP contribution >= 0.6 is 12.6 Å². The molecule has 0 heterocycles. The summed E-state index contributed by atoms with van der Waals surface area (Å²) in [6, 6.07) is 23.9. The Labute approximate surface area is 232 Å². The van der Waals surface area contributed by atoms with Crippen LogP contribution in [0.1, 0.15) is 63.8 Å². The first-order valence-corrected chi connectivity index (χ1v) is 13.5. The summed E-state index contributed by atoms with van der Waals surface area (Å²) in [4.78, 5) is 12.8. The van der Waals surface area contributed by atoms with Crippen LogP contribution in [-0.4, -0.2) is 5.97 Å². The molecule has 0 atom stereocenters. The Morgan fingerprint density at radius 3 is 1.59 bits per heavy atom. The molecule has 3 aromatic rings. The van der Waals surface area contributed by atoms with Crippen molar-refractivity contribution in [2.45, 2.75) is 66.2 Å². The fourth-order valence-electron chi connectivity index (χ4n) is 2.67. The molecule has 3 heteroatoms. The maximum absolute atomic E-state index is 12.0. The van der Waals surface area contributed by atoms with E-state index in [1.807, 2.05) is 90.1 Å². The second kappa shape index (κ2) is 24.4. The number of benzene rings is 3. The quantitative estimate of drug-likeness (QED) is 0.111. The Hall–Kier alpha value is -3.30. The first-order chi connectivity index (χ1) is 18.0. The van der Waals surface area contributed by atoms with Crippen LogP contribution in [-0.2, 0) is 17.6 Å². The smallest absolute Gasteiger partial charge is 0.336 e. The van der Waals surface area contributed by atoms with Crippen LogP contribution < -0.4 is 4.74 Å². The lowest BCUT2D eigenvalue weighted by Gasteiger charge is -2.05. The van der Waals surface area contributed by atoms with Gasteiger partial charge in [0.1, 0.15) is 5.75 Å². The molecule has 2 nitrogen and oxygen atoms in total. The van der Waals surface area contributed by atoms with Gasteiger partial charge in [-0.05, 0) is 66.8 Å². The van der Waals surface area contributed by atoms with Crippen molar-refractivity contribution >= 4 is 24.7 Å². The van der Waals surface area contributed by atoms with E-state index < -0.39 is 5.97 Å². The molecule has 0 spiro atoms. The van der Waals surface area contributed by atoms with E-state index in [1.54, 1.807) is 18.2 Å². The number of ether oxygens (including phenoxy) is 1. The lowest BCUT2D eigenvalue weighted by molar-refractivity contribution is -0.128. The summed E-state index contributed by atoms with van der Waals surface area (Å²) in [6.07, 6.45) is 8.38. The maximum Gasteiger partial charge on any atom is 0.336 e. The van der Waals surface area contributed by atoms with E-state index in [0.29, 0.717) is 5.75 Å². The zero-order chi connectivity index (χ0) is 28.5. The van der Waals surface area contributed by atoms with Gasteiger partial charge in [0.25, 0.3) is 0 Å². The van der Waals surface area contributed by atoms with Crippen molar-refractivity contribution in [3.8, 4) is 5.75 Å². The molecule has 3 rings (SSSR count). The van der Waals surface area contributed by atoms with Crippen molar-refractivity contribution in [1.29, 1.82) is 0 Å². The van der Waals surface area contributed by atoms with Gasteiger partial charge in [-0.25, -0.2) is 4.79 Å². The molecule has 0 N–H and O–H groups in total. The second-order valence-corrected chi connectivity index (χ2v) is 7.46. The number of hydrogen-bond donors (Lipinski definition) is 1. The zero-order valence-electron chi connectivity index (χ0n) is 23.8. The van der Waals surface area contributed by atoms with Crippen molar-refractivity contribution in [2.24, 2.45) is 0 Å². The molecular weight excluding hydrogens is 472 g/mol. The number of carbonyl (C=O) groups is 1. The van der Waals surface area contributed by atoms with Gasteiger partial charge in [0.05, 0.1) is 0 Å². The number of esters is 1. The van der Waals surface area contributed by atoms with Gasteiger partial charge < -0.3 is 4.74 Å². The fraction of sp³-hybridized carbons (Fsp3) is 0.265. The molecular formula is C34H46O2S. The summed E-state index contributed by atoms with van der Waals surface area (Å²) in [7, 11) is 0. The van der Waals surface area contributed by atoms with Crippen molar-refractivity contribution in [3.63, 3.8) is 0 Å². The minimum atomic E-state index is -0.391. The van der Waals surface area contributed by atoms with Crippen LogP contribution in [0.4, 0.5) is 0 Å². The standard InChI is InChI=1S/C24H22O2S.C4H6.3C2H6/c1-18-2-4-19(5-3-18)6-7-20-8-13-22(14-9-20)26-24(25)17-12-21-10-15-23(27)16-11-21;1-3-4-2;3*1-2/h2-5,8-17,27H,6-7H2,1H3;3-4H,1-2H2;3*1-2H3/b17-12+;;;;. The van der Waals surface area contributed by atoms with E-state index in [4.69, 9.17) is 4.74 Å². The summed E-state index contributed by atoms with van der Waals surface area (Å²) in [5.41, 5.74) is 4.75. The number of allylic oxidation sites excluding steroid dienone is 2. The minimum absolute atomic E-state index is 0.391. The van der Waals surface area contributed by atoms with Crippen LogP contribution in [0.5, 0.6) is 5.75 Å². The molecule has 0 unspecified atom stereocenters. The van der Waals surface area contributed by atoms with E-state index in [2.05, 4.69) is 57.0 Å². The van der Waals surface area contributed by atoms with E-state index >= 15 is 0 Å². The van der Waals surface area contributed by atoms with E-state index in [-0.39, 0.29) is 0 Å². The van der Waals surface area contributed by atoms with Crippen LogP contribution in [0.25, 0.3) is 6.08 Å². The number of aryl methyl sites for hydroxylation is 3. The Kier molecular flexibility index (Phi) is 23.6. The topological polar surface area (TPSA) is 26.3 Å². The molecule has 0 aromatic heterocycles. The molecule has 0 radical (unpaired) electrons. The average Bonchev–Trinajstić information content (AvgIpc) is 2.96. The summed E-state index contributed by atoms with van der Waals surface area (Å²) < 4.78 is 5.35. The van der Waals surface area contributed by atoms with Gasteiger partial charge in [0, 0.05) is 11.0 Å². The molecule has 0 saturated heterocycles. The van der Waals surface area contributed by atoms with Gasteiger partial charge >= 0.3 is 5.97 Å². The highest BCUT2D eigenvalue weighted by molar-refractivity contribution is 7.80. The van der Waals surface area contributed by atoms with Crippen LogP contribution in [0.15, 0.2) is 109 Å². The third-order valence-corrected chi connectivity index (χ3v) is 4.73. The van der Waals surface area contributed by atoms with E-state index in [9.17, 15) is 4.79 Å². The van der Waals surface area contributed by atoms with Gasteiger partial charge in [-0.1, -0.05) is 121 Å². The van der Waals surface area contributed by atoms with Crippen LogP contribution in [0, 0.1) is 6.92 Å². The third-order valence-electron chi connectivity index (χ3n) is 4.44. The van der Waals surface area contributed by atoms with E-state index in [1.165, 1.54) is 22.8 Å². The number of rotatable bonds is 7. The second-order valence-electron chi connectivity index (χ2n) is 6.95. The van der Waals surface area contributed by atoms with Crippen LogP contribution in [0.3, 0.4) is 0 Å². The van der Waals surface area contributed by atoms with Crippen molar-refractivity contribution in [1.82, 2.24) is 0 Å². The Balaban J connectivity index is 0. The minimum Gasteiger partial charge on any atom is -0.423 e. The van der Waals surface area contributed by atoms with E-state index in [0.717, 1.165) is 23.3 Å². The molecule has 0 bridgehead atoms. The molecule has 0 saturated carbocycles. The molecule has 3 aromatic carbocycles. The Bertz CT molecular complexity index is 993. The molecule has 200 valence electrons.